The summed E-state index contributed by atoms with van der Waals surface area (Å²) in [4.78, 5) is 25.6. The van der Waals surface area contributed by atoms with E-state index in [0.717, 1.165) is 67.9 Å². The van der Waals surface area contributed by atoms with Gasteiger partial charge in [0.1, 0.15) is 12.0 Å². The van der Waals surface area contributed by atoms with Gasteiger partial charge in [-0.1, -0.05) is 23.7 Å². The summed E-state index contributed by atoms with van der Waals surface area (Å²) < 4.78 is 11.4. The smallest absolute Gasteiger partial charge is 0.337 e. The molecule has 0 aromatic heterocycles. The Labute approximate surface area is 205 Å². The maximum atomic E-state index is 12.3. The Morgan fingerprint density at radius 2 is 2.15 bits per heavy atom. The maximum Gasteiger partial charge on any atom is 0.337 e. The lowest BCUT2D eigenvalue weighted by Crippen LogP contribution is -2.48. The number of anilines is 1. The van der Waals surface area contributed by atoms with Crippen molar-refractivity contribution >= 4 is 29.5 Å². The minimum atomic E-state index is -0.352. The third-order valence-electron chi connectivity index (χ3n) is 7.83. The number of methoxy groups -OCH3 is 1. The molecule has 3 aliphatic rings. The first-order valence-corrected chi connectivity index (χ1v) is 12.4. The number of benzene rings is 2. The fraction of sp³-hybridized carbons (Fsp3) is 0.429. The topological polar surface area (TPSA) is 55.8 Å². The Balaban J connectivity index is 1.54. The van der Waals surface area contributed by atoms with E-state index in [2.05, 4.69) is 17.0 Å². The van der Waals surface area contributed by atoms with Crippen LogP contribution in [0.15, 0.2) is 48.6 Å². The maximum absolute atomic E-state index is 12.3. The van der Waals surface area contributed by atoms with Gasteiger partial charge in [-0.25, -0.2) is 4.79 Å². The standard InChI is InChI=1S/C28H30ClNO4/c1-33-27(32)21-8-11-26-25(15-21)30(16-22-7-6-19(22)5-3-13-31)17-28(18-34-26)12-2-4-20-14-23(29)9-10-24(20)28/h3,5,8-11,13-15,19,22H,2,4,6-7,12,16-18H2,1H3/b5-3-/t19-,22+,28+/m1/s1. The second-order valence-electron chi connectivity index (χ2n) is 9.80. The first-order valence-electron chi connectivity index (χ1n) is 12.0. The molecule has 0 bridgehead atoms. The van der Waals surface area contributed by atoms with Crippen molar-refractivity contribution in [2.75, 3.05) is 31.7 Å². The van der Waals surface area contributed by atoms with Crippen molar-refractivity contribution in [3.8, 4) is 5.75 Å². The molecule has 34 heavy (non-hydrogen) atoms. The van der Waals surface area contributed by atoms with Gasteiger partial charge in [0, 0.05) is 23.5 Å². The predicted octanol–water partition coefficient (Wildman–Crippen LogP) is 5.38. The minimum absolute atomic E-state index is 0.152. The van der Waals surface area contributed by atoms with Gasteiger partial charge in [0.2, 0.25) is 0 Å². The van der Waals surface area contributed by atoms with Crippen molar-refractivity contribution in [1.82, 2.24) is 0 Å². The van der Waals surface area contributed by atoms with Crippen LogP contribution in [0, 0.1) is 11.8 Å². The zero-order chi connectivity index (χ0) is 23.7. The molecule has 0 N–H and O–H groups in total. The van der Waals surface area contributed by atoms with Gasteiger partial charge in [0.25, 0.3) is 0 Å². The van der Waals surface area contributed by atoms with Crippen LogP contribution in [0.5, 0.6) is 5.75 Å². The summed E-state index contributed by atoms with van der Waals surface area (Å²) in [6.07, 6.45) is 9.88. The van der Waals surface area contributed by atoms with Crippen molar-refractivity contribution in [2.45, 2.75) is 37.5 Å². The Bertz CT molecular complexity index is 1130. The van der Waals surface area contributed by atoms with Gasteiger partial charge < -0.3 is 14.4 Å². The molecule has 0 saturated heterocycles. The average Bonchev–Trinajstić information content (AvgIpc) is 2.98. The number of carbonyl (C=O) groups excluding carboxylic acids is 2. The van der Waals surface area contributed by atoms with Crippen LogP contribution < -0.4 is 9.64 Å². The van der Waals surface area contributed by atoms with E-state index in [-0.39, 0.29) is 11.4 Å². The van der Waals surface area contributed by atoms with E-state index < -0.39 is 0 Å². The third kappa shape index (κ3) is 4.22. The van der Waals surface area contributed by atoms with Crippen LogP contribution in [0.25, 0.3) is 0 Å². The summed E-state index contributed by atoms with van der Waals surface area (Å²) in [6, 6.07) is 11.8. The van der Waals surface area contributed by atoms with Crippen LogP contribution in [-0.2, 0) is 21.4 Å². The van der Waals surface area contributed by atoms with Gasteiger partial charge in [-0.05, 0) is 91.5 Å². The average molecular weight is 480 g/mol. The molecule has 6 heteroatoms. The lowest BCUT2D eigenvalue weighted by molar-refractivity contribution is -0.104. The summed E-state index contributed by atoms with van der Waals surface area (Å²) in [5.41, 5.74) is 3.93. The lowest BCUT2D eigenvalue weighted by Gasteiger charge is -2.44. The van der Waals surface area contributed by atoms with Crippen molar-refractivity contribution in [3.05, 3.63) is 70.3 Å². The van der Waals surface area contributed by atoms with Gasteiger partial charge in [-0.15, -0.1) is 0 Å². The normalized spacial score (nSPS) is 25.6. The number of allylic oxidation sites excluding steroid dienone is 2. The van der Waals surface area contributed by atoms with E-state index in [1.807, 2.05) is 24.3 Å². The molecule has 5 rings (SSSR count). The van der Waals surface area contributed by atoms with Crippen LogP contribution in [0.3, 0.4) is 0 Å². The Morgan fingerprint density at radius 3 is 2.91 bits per heavy atom. The number of nitrogens with zero attached hydrogens (tertiary/aromatic N) is 1. The molecule has 178 valence electrons. The minimum Gasteiger partial charge on any atom is -0.490 e. The molecule has 2 aromatic rings. The van der Waals surface area contributed by atoms with Crippen LogP contribution in [0.1, 0.15) is 47.2 Å². The zero-order valence-electron chi connectivity index (χ0n) is 19.5. The molecule has 0 radical (unpaired) electrons. The summed E-state index contributed by atoms with van der Waals surface area (Å²) in [5, 5.41) is 0.771. The molecule has 0 amide bonds. The van der Waals surface area contributed by atoms with Crippen molar-refractivity contribution in [3.63, 3.8) is 0 Å². The molecule has 3 atom stereocenters. The monoisotopic (exact) mass is 479 g/mol. The number of aldehydes is 1. The Morgan fingerprint density at radius 1 is 1.26 bits per heavy atom. The first kappa shape index (κ1) is 23.0. The molecule has 0 unspecified atom stereocenters. The second kappa shape index (κ2) is 9.46. The van der Waals surface area contributed by atoms with E-state index in [1.54, 1.807) is 12.1 Å². The number of aryl methyl sites for hydroxylation is 1. The quantitative estimate of drug-likeness (QED) is 0.327. The lowest BCUT2D eigenvalue weighted by atomic mass is 9.69. The highest BCUT2D eigenvalue weighted by molar-refractivity contribution is 6.30. The van der Waals surface area contributed by atoms with Gasteiger partial charge in [-0.3, -0.25) is 4.79 Å². The molecule has 1 fully saturated rings. The summed E-state index contributed by atoms with van der Waals surface area (Å²) in [7, 11) is 1.40. The third-order valence-corrected chi connectivity index (χ3v) is 8.06. The number of hydrogen-bond acceptors (Lipinski definition) is 5. The van der Waals surface area contributed by atoms with Gasteiger partial charge in [-0.2, -0.15) is 0 Å². The number of carbonyl (C=O) groups is 2. The number of hydrogen-bond donors (Lipinski definition) is 0. The van der Waals surface area contributed by atoms with E-state index >= 15 is 0 Å². The Hall–Kier alpha value is -2.79. The zero-order valence-corrected chi connectivity index (χ0v) is 20.2. The molecule has 1 saturated carbocycles. The summed E-state index contributed by atoms with van der Waals surface area (Å²) in [6.45, 7) is 2.24. The molecule has 2 aliphatic carbocycles. The first-order chi connectivity index (χ1) is 16.5. The summed E-state index contributed by atoms with van der Waals surface area (Å²) in [5.74, 6) is 1.30. The second-order valence-corrected chi connectivity index (χ2v) is 10.2. The van der Waals surface area contributed by atoms with Gasteiger partial charge >= 0.3 is 5.97 Å². The SMILES string of the molecule is COC(=O)c1ccc2c(c1)N(C[C@@H]1CC[C@H]1/C=C\C=O)C[C@@]1(CCCc3cc(Cl)ccc31)CO2. The largest absolute Gasteiger partial charge is 0.490 e. The molecule has 2 aromatic carbocycles. The molecule has 1 spiro atoms. The molecular weight excluding hydrogens is 450 g/mol. The number of ether oxygens (including phenoxy) is 2. The van der Waals surface area contributed by atoms with Gasteiger partial charge in [0.15, 0.2) is 0 Å². The highest BCUT2D eigenvalue weighted by Crippen LogP contribution is 2.46. The van der Waals surface area contributed by atoms with Crippen LogP contribution in [0.2, 0.25) is 5.02 Å². The fourth-order valence-electron chi connectivity index (χ4n) is 5.90. The van der Waals surface area contributed by atoms with Crippen LogP contribution in [-0.4, -0.2) is 39.1 Å². The van der Waals surface area contributed by atoms with E-state index in [1.165, 1.54) is 18.2 Å². The van der Waals surface area contributed by atoms with Crippen molar-refractivity contribution in [2.24, 2.45) is 11.8 Å². The molecule has 5 nitrogen and oxygen atoms in total. The fourth-order valence-corrected chi connectivity index (χ4v) is 6.10. The van der Waals surface area contributed by atoms with Crippen LogP contribution in [0.4, 0.5) is 5.69 Å². The number of halogens is 1. The van der Waals surface area contributed by atoms with E-state index in [9.17, 15) is 9.59 Å². The van der Waals surface area contributed by atoms with Gasteiger partial charge in [0.05, 0.1) is 25.0 Å². The summed E-state index contributed by atoms with van der Waals surface area (Å²) >= 11 is 6.33. The highest BCUT2D eigenvalue weighted by Gasteiger charge is 2.43. The Kier molecular flexibility index (Phi) is 6.39. The number of fused-ring (bicyclic) bond motifs is 3. The predicted molar refractivity (Wildman–Crippen MR) is 133 cm³/mol. The molecule has 1 heterocycles. The van der Waals surface area contributed by atoms with Crippen LogP contribution >= 0.6 is 11.6 Å². The molecule has 1 aliphatic heterocycles. The molecular formula is C28H30ClNO4. The number of rotatable bonds is 5. The van der Waals surface area contributed by atoms with Crippen molar-refractivity contribution < 1.29 is 19.1 Å². The number of esters is 1. The van der Waals surface area contributed by atoms with E-state index in [0.29, 0.717) is 24.0 Å². The van der Waals surface area contributed by atoms with E-state index in [4.69, 9.17) is 21.1 Å². The van der Waals surface area contributed by atoms with Crippen molar-refractivity contribution in [1.29, 1.82) is 0 Å². The highest BCUT2D eigenvalue weighted by atomic mass is 35.5.